The van der Waals surface area contributed by atoms with Crippen LogP contribution >= 0.6 is 23.4 Å². The third kappa shape index (κ3) is 3.99. The fraction of sp³-hybridized carbons (Fsp3) is 0.263. The summed E-state index contributed by atoms with van der Waals surface area (Å²) in [6, 6.07) is 15.2. The summed E-state index contributed by atoms with van der Waals surface area (Å²) in [5.41, 5.74) is 1.77. The second-order valence-corrected chi connectivity index (χ2v) is 7.71. The van der Waals surface area contributed by atoms with E-state index in [0.717, 1.165) is 10.5 Å². The predicted molar refractivity (Wildman–Crippen MR) is 102 cm³/mol. The predicted octanol–water partition coefficient (Wildman–Crippen LogP) is 4.36. The molecule has 0 unspecified atom stereocenters. The van der Waals surface area contributed by atoms with Gasteiger partial charge in [0.15, 0.2) is 0 Å². The molecule has 0 saturated carbocycles. The molecule has 0 fully saturated rings. The highest BCUT2D eigenvalue weighted by atomic mass is 35.5. The Morgan fingerprint density at radius 1 is 1.28 bits per heavy atom. The Hall–Kier alpha value is -1.98. The molecule has 2 amide bonds. The van der Waals surface area contributed by atoms with Gasteiger partial charge in [-0.05, 0) is 30.7 Å². The second kappa shape index (κ2) is 7.50. The van der Waals surface area contributed by atoms with E-state index in [2.05, 4.69) is 5.32 Å². The normalized spacial score (nSPS) is 17.4. The van der Waals surface area contributed by atoms with Crippen molar-refractivity contribution < 1.29 is 9.59 Å². The highest BCUT2D eigenvalue weighted by molar-refractivity contribution is 8.01. The van der Waals surface area contributed by atoms with Crippen LogP contribution in [0.1, 0.15) is 24.9 Å². The molecule has 0 aliphatic carbocycles. The number of carbonyl (C=O) groups excluding carboxylic acids is 2. The van der Waals surface area contributed by atoms with E-state index in [1.807, 2.05) is 43.3 Å². The van der Waals surface area contributed by atoms with E-state index in [1.54, 1.807) is 24.1 Å². The summed E-state index contributed by atoms with van der Waals surface area (Å²) < 4.78 is 0. The zero-order valence-corrected chi connectivity index (χ0v) is 15.6. The lowest BCUT2D eigenvalue weighted by Gasteiger charge is -2.29. The van der Waals surface area contributed by atoms with Crippen molar-refractivity contribution in [2.24, 2.45) is 0 Å². The smallest absolute Gasteiger partial charge is 0.238 e. The first kappa shape index (κ1) is 17.8. The van der Waals surface area contributed by atoms with Crippen LogP contribution in [0.4, 0.5) is 5.69 Å². The van der Waals surface area contributed by atoms with E-state index >= 15 is 0 Å². The molecular weight excluding hydrogens is 356 g/mol. The summed E-state index contributed by atoms with van der Waals surface area (Å²) in [6.45, 7) is 1.98. The lowest BCUT2D eigenvalue weighted by molar-refractivity contribution is -0.133. The quantitative estimate of drug-likeness (QED) is 0.864. The number of rotatable bonds is 4. The maximum atomic E-state index is 12.6. The number of carbonyl (C=O) groups is 2. The van der Waals surface area contributed by atoms with E-state index < -0.39 is 5.25 Å². The highest BCUT2D eigenvalue weighted by Gasteiger charge is 2.31. The van der Waals surface area contributed by atoms with Gasteiger partial charge in [-0.3, -0.25) is 9.59 Å². The number of anilines is 1. The standard InChI is InChI=1S/C19H19ClN2O2S/c1-12(13-6-4-3-5-7-13)22(2)18(23)11-17-19(24)21-15-10-14(20)8-9-16(15)25-17/h3-10,12,17H,11H2,1-2H3,(H,21,24)/t12-,17-/m0/s1. The molecule has 25 heavy (non-hydrogen) atoms. The van der Waals surface area contributed by atoms with E-state index in [0.29, 0.717) is 10.7 Å². The second-order valence-electron chi connectivity index (χ2n) is 6.03. The molecule has 130 valence electrons. The molecule has 0 radical (unpaired) electrons. The van der Waals surface area contributed by atoms with Gasteiger partial charge in [0.05, 0.1) is 17.0 Å². The maximum absolute atomic E-state index is 12.6. The fourth-order valence-corrected chi connectivity index (χ4v) is 3.98. The number of nitrogens with one attached hydrogen (secondary N) is 1. The van der Waals surface area contributed by atoms with Crippen molar-refractivity contribution in [1.29, 1.82) is 0 Å². The number of fused-ring (bicyclic) bond motifs is 1. The molecule has 0 saturated heterocycles. The lowest BCUT2D eigenvalue weighted by atomic mass is 10.1. The van der Waals surface area contributed by atoms with Gasteiger partial charge in [0.25, 0.3) is 0 Å². The number of benzene rings is 2. The van der Waals surface area contributed by atoms with E-state index in [4.69, 9.17) is 11.6 Å². The SMILES string of the molecule is C[C@@H](c1ccccc1)N(C)C(=O)C[C@@H]1Sc2ccc(Cl)cc2NC1=O. The van der Waals surface area contributed by atoms with Crippen LogP contribution in [0.3, 0.4) is 0 Å². The summed E-state index contributed by atoms with van der Waals surface area (Å²) in [4.78, 5) is 27.6. The summed E-state index contributed by atoms with van der Waals surface area (Å²) in [7, 11) is 1.78. The summed E-state index contributed by atoms with van der Waals surface area (Å²) >= 11 is 7.37. The first-order valence-corrected chi connectivity index (χ1v) is 9.29. The molecular formula is C19H19ClN2O2S. The van der Waals surface area contributed by atoms with Crippen LogP contribution in [0.15, 0.2) is 53.4 Å². The molecule has 0 aromatic heterocycles. The number of thioether (sulfide) groups is 1. The van der Waals surface area contributed by atoms with Gasteiger partial charge >= 0.3 is 0 Å². The zero-order valence-electron chi connectivity index (χ0n) is 14.0. The monoisotopic (exact) mass is 374 g/mol. The molecule has 3 rings (SSSR count). The van der Waals surface area contributed by atoms with Crippen LogP contribution in [0, 0.1) is 0 Å². The third-order valence-corrected chi connectivity index (χ3v) is 5.89. The average Bonchev–Trinajstić information content (AvgIpc) is 2.62. The summed E-state index contributed by atoms with van der Waals surface area (Å²) in [5.74, 6) is -0.213. The number of amides is 2. The summed E-state index contributed by atoms with van der Waals surface area (Å²) in [6.07, 6.45) is 0.159. The molecule has 1 heterocycles. The molecule has 2 atom stereocenters. The van der Waals surface area contributed by atoms with Gasteiger partial charge in [-0.2, -0.15) is 0 Å². The molecule has 6 heteroatoms. The third-order valence-electron chi connectivity index (χ3n) is 4.38. The van der Waals surface area contributed by atoms with Gasteiger partial charge in [-0.1, -0.05) is 41.9 Å². The minimum Gasteiger partial charge on any atom is -0.339 e. The number of nitrogens with zero attached hydrogens (tertiary/aromatic N) is 1. The highest BCUT2D eigenvalue weighted by Crippen LogP contribution is 2.38. The van der Waals surface area contributed by atoms with Crippen molar-refractivity contribution in [2.45, 2.75) is 29.5 Å². The van der Waals surface area contributed by atoms with Gasteiger partial charge in [0.1, 0.15) is 0 Å². The first-order valence-electron chi connectivity index (χ1n) is 8.03. The van der Waals surface area contributed by atoms with Crippen molar-refractivity contribution in [1.82, 2.24) is 4.90 Å². The van der Waals surface area contributed by atoms with E-state index in [-0.39, 0.29) is 24.3 Å². The fourth-order valence-electron chi connectivity index (χ4n) is 2.73. The Balaban J connectivity index is 1.68. The first-order chi connectivity index (χ1) is 12.0. The molecule has 2 aromatic carbocycles. The van der Waals surface area contributed by atoms with E-state index in [1.165, 1.54) is 11.8 Å². The summed E-state index contributed by atoms with van der Waals surface area (Å²) in [5, 5.41) is 2.98. The average molecular weight is 375 g/mol. The Morgan fingerprint density at radius 3 is 2.72 bits per heavy atom. The van der Waals surface area contributed by atoms with Crippen LogP contribution < -0.4 is 5.32 Å². The Kier molecular flexibility index (Phi) is 5.35. The molecule has 0 bridgehead atoms. The number of hydrogen-bond donors (Lipinski definition) is 1. The Morgan fingerprint density at radius 2 is 2.00 bits per heavy atom. The van der Waals surface area contributed by atoms with Gasteiger partial charge in [-0.15, -0.1) is 11.8 Å². The van der Waals surface area contributed by atoms with Crippen LogP contribution in [0.5, 0.6) is 0 Å². The van der Waals surface area contributed by atoms with Crippen LogP contribution in [-0.4, -0.2) is 29.0 Å². The van der Waals surface area contributed by atoms with Gasteiger partial charge in [0, 0.05) is 23.4 Å². The van der Waals surface area contributed by atoms with Crippen molar-refractivity contribution in [2.75, 3.05) is 12.4 Å². The molecule has 1 aliphatic rings. The molecule has 4 nitrogen and oxygen atoms in total. The zero-order chi connectivity index (χ0) is 18.0. The van der Waals surface area contributed by atoms with Crippen molar-refractivity contribution in [3.63, 3.8) is 0 Å². The number of halogens is 1. The van der Waals surface area contributed by atoms with Crippen LogP contribution in [0.2, 0.25) is 5.02 Å². The maximum Gasteiger partial charge on any atom is 0.238 e. The minimum absolute atomic E-state index is 0.0450. The van der Waals surface area contributed by atoms with Gasteiger partial charge in [-0.25, -0.2) is 0 Å². The lowest BCUT2D eigenvalue weighted by Crippen LogP contribution is -2.36. The van der Waals surface area contributed by atoms with Crippen molar-refractivity contribution in [3.05, 3.63) is 59.1 Å². The van der Waals surface area contributed by atoms with Crippen molar-refractivity contribution >= 4 is 40.9 Å². The van der Waals surface area contributed by atoms with Gasteiger partial charge in [0.2, 0.25) is 11.8 Å². The molecule has 2 aromatic rings. The molecule has 1 N–H and O–H groups in total. The van der Waals surface area contributed by atoms with Crippen LogP contribution in [-0.2, 0) is 9.59 Å². The van der Waals surface area contributed by atoms with Crippen LogP contribution in [0.25, 0.3) is 0 Å². The van der Waals surface area contributed by atoms with Crippen molar-refractivity contribution in [3.8, 4) is 0 Å². The van der Waals surface area contributed by atoms with E-state index in [9.17, 15) is 9.59 Å². The topological polar surface area (TPSA) is 49.4 Å². The minimum atomic E-state index is -0.438. The molecule has 0 spiro atoms. The largest absolute Gasteiger partial charge is 0.339 e. The Labute approximate surface area is 156 Å². The number of hydrogen-bond acceptors (Lipinski definition) is 3. The Bertz CT molecular complexity index is 797. The van der Waals surface area contributed by atoms with Gasteiger partial charge < -0.3 is 10.2 Å². The molecule has 1 aliphatic heterocycles.